The summed E-state index contributed by atoms with van der Waals surface area (Å²) in [5, 5.41) is 9.14. The number of aryl methyl sites for hydroxylation is 1. The Bertz CT molecular complexity index is 683. The third kappa shape index (κ3) is 2.69. The lowest BCUT2D eigenvalue weighted by molar-refractivity contribution is 0.134. The fourth-order valence-electron chi connectivity index (χ4n) is 2.44. The van der Waals surface area contributed by atoms with Gasteiger partial charge in [-0.3, -0.25) is 0 Å². The Labute approximate surface area is 123 Å². The Morgan fingerprint density at radius 2 is 2.19 bits per heavy atom. The van der Waals surface area contributed by atoms with Crippen LogP contribution < -0.4 is 9.47 Å². The van der Waals surface area contributed by atoms with Gasteiger partial charge in [-0.25, -0.2) is 4.98 Å². The SMILES string of the molecule is Cc1nc(Oc2cccc3c2OC(C)(C)C3)ncc1CO. The minimum absolute atomic E-state index is 0.0792. The highest BCUT2D eigenvalue weighted by molar-refractivity contribution is 5.51. The van der Waals surface area contributed by atoms with E-state index >= 15 is 0 Å². The Morgan fingerprint density at radius 1 is 1.38 bits per heavy atom. The van der Waals surface area contributed by atoms with Crippen molar-refractivity contribution in [1.29, 1.82) is 0 Å². The Kier molecular flexibility index (Phi) is 3.29. The van der Waals surface area contributed by atoms with Gasteiger partial charge in [-0.1, -0.05) is 12.1 Å². The quantitative estimate of drug-likeness (QED) is 0.940. The van der Waals surface area contributed by atoms with E-state index in [-0.39, 0.29) is 18.2 Å². The molecule has 1 aliphatic heterocycles. The summed E-state index contributed by atoms with van der Waals surface area (Å²) in [6, 6.07) is 6.08. The van der Waals surface area contributed by atoms with Gasteiger partial charge in [0.05, 0.1) is 12.3 Å². The van der Waals surface area contributed by atoms with Crippen LogP contribution in [0.25, 0.3) is 0 Å². The molecule has 1 N–H and O–H groups in total. The molecule has 2 heterocycles. The Morgan fingerprint density at radius 3 is 2.90 bits per heavy atom. The molecule has 0 saturated heterocycles. The molecule has 1 aromatic heterocycles. The van der Waals surface area contributed by atoms with Crippen LogP contribution in [-0.2, 0) is 13.0 Å². The molecule has 0 bridgehead atoms. The van der Waals surface area contributed by atoms with Gasteiger partial charge in [0.1, 0.15) is 5.60 Å². The van der Waals surface area contributed by atoms with Crippen LogP contribution in [0.15, 0.2) is 24.4 Å². The standard InChI is InChI=1S/C16H18N2O3/c1-10-12(9-19)8-17-15(18-10)20-13-6-4-5-11-7-16(2,3)21-14(11)13/h4-6,8,19H,7,9H2,1-3H3. The molecule has 0 spiro atoms. The van der Waals surface area contributed by atoms with Gasteiger partial charge in [0, 0.05) is 23.7 Å². The van der Waals surface area contributed by atoms with Crippen LogP contribution >= 0.6 is 0 Å². The number of rotatable bonds is 3. The predicted molar refractivity (Wildman–Crippen MR) is 77.6 cm³/mol. The molecule has 0 unspecified atom stereocenters. The van der Waals surface area contributed by atoms with Crippen molar-refractivity contribution in [2.75, 3.05) is 0 Å². The van der Waals surface area contributed by atoms with E-state index in [0.717, 1.165) is 17.7 Å². The van der Waals surface area contributed by atoms with Crippen LogP contribution in [0.4, 0.5) is 0 Å². The van der Waals surface area contributed by atoms with Crippen LogP contribution in [0.1, 0.15) is 30.7 Å². The molecule has 0 atom stereocenters. The summed E-state index contributed by atoms with van der Waals surface area (Å²) in [5.74, 6) is 1.38. The number of aliphatic hydroxyl groups excluding tert-OH is 1. The molecule has 0 radical (unpaired) electrons. The largest absolute Gasteiger partial charge is 0.483 e. The summed E-state index contributed by atoms with van der Waals surface area (Å²) < 4.78 is 11.7. The predicted octanol–water partition coefficient (Wildman–Crippen LogP) is 2.78. The molecule has 21 heavy (non-hydrogen) atoms. The number of hydrogen-bond acceptors (Lipinski definition) is 5. The topological polar surface area (TPSA) is 64.5 Å². The minimum atomic E-state index is -0.223. The van der Waals surface area contributed by atoms with Crippen LogP contribution in [0.2, 0.25) is 0 Å². The molecule has 5 heteroatoms. The van der Waals surface area contributed by atoms with Crippen molar-refractivity contribution in [3.63, 3.8) is 0 Å². The number of ether oxygens (including phenoxy) is 2. The van der Waals surface area contributed by atoms with E-state index in [4.69, 9.17) is 14.6 Å². The second-order valence-electron chi connectivity index (χ2n) is 5.81. The summed E-state index contributed by atoms with van der Waals surface area (Å²) in [4.78, 5) is 8.37. The first-order valence-electron chi connectivity index (χ1n) is 6.91. The second-order valence-corrected chi connectivity index (χ2v) is 5.81. The highest BCUT2D eigenvalue weighted by Crippen LogP contribution is 2.42. The third-order valence-corrected chi connectivity index (χ3v) is 3.49. The molecule has 110 valence electrons. The summed E-state index contributed by atoms with van der Waals surface area (Å²) in [5.41, 5.74) is 2.30. The number of aromatic nitrogens is 2. The maximum absolute atomic E-state index is 9.14. The smallest absolute Gasteiger partial charge is 0.322 e. The van der Waals surface area contributed by atoms with Crippen molar-refractivity contribution < 1.29 is 14.6 Å². The van der Waals surface area contributed by atoms with E-state index in [9.17, 15) is 0 Å². The van der Waals surface area contributed by atoms with Gasteiger partial charge >= 0.3 is 6.01 Å². The average Bonchev–Trinajstić information content (AvgIpc) is 2.74. The normalized spacial score (nSPS) is 15.4. The van der Waals surface area contributed by atoms with E-state index in [0.29, 0.717) is 17.0 Å². The lowest BCUT2D eigenvalue weighted by Crippen LogP contribution is -2.24. The van der Waals surface area contributed by atoms with Crippen LogP contribution in [0, 0.1) is 6.92 Å². The molecule has 2 aromatic rings. The van der Waals surface area contributed by atoms with Gasteiger partial charge in [0.15, 0.2) is 11.5 Å². The maximum Gasteiger partial charge on any atom is 0.322 e. The van der Waals surface area contributed by atoms with Gasteiger partial charge in [0.2, 0.25) is 0 Å². The molecule has 0 saturated carbocycles. The van der Waals surface area contributed by atoms with Gasteiger partial charge in [0.25, 0.3) is 0 Å². The van der Waals surface area contributed by atoms with Crippen LogP contribution in [-0.4, -0.2) is 20.7 Å². The van der Waals surface area contributed by atoms with Crippen molar-refractivity contribution in [1.82, 2.24) is 9.97 Å². The van der Waals surface area contributed by atoms with Crippen LogP contribution in [0.5, 0.6) is 17.5 Å². The summed E-state index contributed by atoms with van der Waals surface area (Å²) >= 11 is 0. The van der Waals surface area contributed by atoms with Crippen molar-refractivity contribution in [3.8, 4) is 17.5 Å². The zero-order chi connectivity index (χ0) is 15.0. The first-order valence-corrected chi connectivity index (χ1v) is 6.91. The van der Waals surface area contributed by atoms with E-state index in [1.807, 2.05) is 39.0 Å². The highest BCUT2D eigenvalue weighted by Gasteiger charge is 2.32. The van der Waals surface area contributed by atoms with Gasteiger partial charge in [-0.15, -0.1) is 0 Å². The molecule has 0 aliphatic carbocycles. The molecule has 3 rings (SSSR count). The lowest BCUT2D eigenvalue weighted by Gasteiger charge is -2.18. The molecule has 1 aromatic carbocycles. The first-order chi connectivity index (χ1) is 9.98. The van der Waals surface area contributed by atoms with Crippen molar-refractivity contribution >= 4 is 0 Å². The Hall–Kier alpha value is -2.14. The lowest BCUT2D eigenvalue weighted by atomic mass is 10.0. The number of benzene rings is 1. The molecular weight excluding hydrogens is 268 g/mol. The Balaban J connectivity index is 1.90. The number of fused-ring (bicyclic) bond motifs is 1. The highest BCUT2D eigenvalue weighted by atomic mass is 16.5. The van der Waals surface area contributed by atoms with E-state index in [1.54, 1.807) is 6.20 Å². The zero-order valence-corrected chi connectivity index (χ0v) is 12.4. The maximum atomic E-state index is 9.14. The molecule has 5 nitrogen and oxygen atoms in total. The van der Waals surface area contributed by atoms with Gasteiger partial charge in [-0.05, 0) is 26.8 Å². The van der Waals surface area contributed by atoms with E-state index in [1.165, 1.54) is 0 Å². The van der Waals surface area contributed by atoms with Crippen molar-refractivity contribution in [2.45, 2.75) is 39.4 Å². The van der Waals surface area contributed by atoms with E-state index < -0.39 is 0 Å². The van der Waals surface area contributed by atoms with Crippen LogP contribution in [0.3, 0.4) is 0 Å². The molecule has 1 aliphatic rings. The van der Waals surface area contributed by atoms with Gasteiger partial charge in [-0.2, -0.15) is 4.98 Å². The molecular formula is C16H18N2O3. The first kappa shape index (κ1) is 13.8. The molecule has 0 fully saturated rings. The summed E-state index contributed by atoms with van der Waals surface area (Å²) in [7, 11) is 0. The molecule has 0 amide bonds. The monoisotopic (exact) mass is 286 g/mol. The fourth-order valence-corrected chi connectivity index (χ4v) is 2.44. The summed E-state index contributed by atoms with van der Waals surface area (Å²) in [6.45, 7) is 5.83. The number of hydrogen-bond donors (Lipinski definition) is 1. The van der Waals surface area contributed by atoms with Gasteiger partial charge < -0.3 is 14.6 Å². The second kappa shape index (κ2) is 5.00. The van der Waals surface area contributed by atoms with Crippen molar-refractivity contribution in [2.24, 2.45) is 0 Å². The fraction of sp³-hybridized carbons (Fsp3) is 0.375. The number of para-hydroxylation sites is 1. The van der Waals surface area contributed by atoms with Crippen molar-refractivity contribution in [3.05, 3.63) is 41.2 Å². The minimum Gasteiger partial charge on any atom is -0.483 e. The van der Waals surface area contributed by atoms with E-state index in [2.05, 4.69) is 9.97 Å². The number of nitrogens with zero attached hydrogens (tertiary/aromatic N) is 2. The third-order valence-electron chi connectivity index (χ3n) is 3.49. The zero-order valence-electron chi connectivity index (χ0n) is 12.4. The average molecular weight is 286 g/mol. The number of aliphatic hydroxyl groups is 1. The summed E-state index contributed by atoms with van der Waals surface area (Å²) in [6.07, 6.45) is 2.43.